The molecule has 0 bridgehead atoms. The molecule has 0 unspecified atom stereocenters. The molecule has 0 saturated carbocycles. The van der Waals surface area contributed by atoms with Crippen molar-refractivity contribution < 1.29 is 19.4 Å². The van der Waals surface area contributed by atoms with Gasteiger partial charge in [-0.3, -0.25) is 0 Å². The van der Waals surface area contributed by atoms with Gasteiger partial charge in [0.15, 0.2) is 5.52 Å². The van der Waals surface area contributed by atoms with Crippen molar-refractivity contribution in [3.8, 4) is 11.8 Å². The highest BCUT2D eigenvalue weighted by atomic mass is 16.7. The molecule has 0 amide bonds. The fraction of sp³-hybridized carbons (Fsp3) is 0.250. The van der Waals surface area contributed by atoms with Gasteiger partial charge in [-0.1, -0.05) is 0 Å². The van der Waals surface area contributed by atoms with Gasteiger partial charge in [0, 0.05) is 0 Å². The molecule has 16 heavy (non-hydrogen) atoms. The van der Waals surface area contributed by atoms with E-state index in [1.165, 1.54) is 6.33 Å². The second-order valence-corrected chi connectivity index (χ2v) is 2.74. The number of H-pyrrole nitrogens is 1. The summed E-state index contributed by atoms with van der Waals surface area (Å²) in [5, 5.41) is 16.2. The molecule has 0 aliphatic carbocycles. The maximum Gasteiger partial charge on any atom is 0.515 e. The minimum Gasteiger partial charge on any atom is -0.491 e. The van der Waals surface area contributed by atoms with Crippen molar-refractivity contribution in [2.75, 3.05) is 6.61 Å². The third-order valence-corrected chi connectivity index (χ3v) is 1.74. The summed E-state index contributed by atoms with van der Waals surface area (Å²) in [7, 11) is 0. The third-order valence-electron chi connectivity index (χ3n) is 1.74. The van der Waals surface area contributed by atoms with Gasteiger partial charge in [0.1, 0.15) is 5.52 Å². The number of ether oxygens (including phenoxy) is 2. The molecule has 0 saturated heterocycles. The number of aromatic hydroxyl groups is 1. The quantitative estimate of drug-likeness (QED) is 0.718. The van der Waals surface area contributed by atoms with Crippen LogP contribution in [0.4, 0.5) is 4.79 Å². The zero-order valence-corrected chi connectivity index (χ0v) is 8.30. The number of imidazole rings is 1. The zero-order chi connectivity index (χ0) is 11.5. The molecular weight excluding hydrogens is 216 g/mol. The first-order chi connectivity index (χ1) is 7.72. The van der Waals surface area contributed by atoms with E-state index < -0.39 is 6.16 Å². The monoisotopic (exact) mass is 224 g/mol. The summed E-state index contributed by atoms with van der Waals surface area (Å²) >= 11 is 0. The molecule has 2 aromatic rings. The number of hydrogen-bond acceptors (Lipinski definition) is 7. The average molecular weight is 224 g/mol. The SMILES string of the molecule is CCOC(=O)Oc1nnc(O)c2[nH]cnc12. The molecule has 0 fully saturated rings. The van der Waals surface area contributed by atoms with Crippen LogP contribution in [-0.2, 0) is 4.74 Å². The van der Waals surface area contributed by atoms with Gasteiger partial charge in [-0.15, -0.1) is 10.2 Å². The van der Waals surface area contributed by atoms with Gasteiger partial charge in [0.2, 0.25) is 0 Å². The number of carbonyl (C=O) groups is 1. The Labute approximate surface area is 89.2 Å². The van der Waals surface area contributed by atoms with Crippen LogP contribution in [0.1, 0.15) is 6.92 Å². The predicted octanol–water partition coefficient (Wildman–Crippen LogP) is 0.594. The van der Waals surface area contributed by atoms with Gasteiger partial charge in [-0.2, -0.15) is 0 Å². The number of hydrogen-bond donors (Lipinski definition) is 2. The second-order valence-electron chi connectivity index (χ2n) is 2.74. The zero-order valence-electron chi connectivity index (χ0n) is 8.30. The van der Waals surface area contributed by atoms with E-state index in [2.05, 4.69) is 24.9 Å². The number of nitrogens with one attached hydrogen (secondary N) is 1. The van der Waals surface area contributed by atoms with Crippen LogP contribution < -0.4 is 4.74 Å². The summed E-state index contributed by atoms with van der Waals surface area (Å²) in [5.74, 6) is -0.434. The fourth-order valence-corrected chi connectivity index (χ4v) is 1.11. The van der Waals surface area contributed by atoms with Crippen LogP contribution in [0, 0.1) is 0 Å². The highest BCUT2D eigenvalue weighted by molar-refractivity contribution is 5.84. The Hall–Kier alpha value is -2.38. The molecule has 2 heterocycles. The standard InChI is InChI=1S/C8H8N4O4/c1-2-15-8(14)16-7-5-4(9-3-10-5)6(13)11-12-7/h3H,2H2,1H3,(H,9,10)(H,11,13). The summed E-state index contributed by atoms with van der Waals surface area (Å²) in [6, 6.07) is 0. The van der Waals surface area contributed by atoms with Crippen LogP contribution in [0.25, 0.3) is 11.0 Å². The van der Waals surface area contributed by atoms with E-state index in [1.54, 1.807) is 6.92 Å². The van der Waals surface area contributed by atoms with Gasteiger partial charge in [-0.25, -0.2) is 9.78 Å². The highest BCUT2D eigenvalue weighted by Crippen LogP contribution is 2.24. The van der Waals surface area contributed by atoms with E-state index in [0.717, 1.165) is 0 Å². The Morgan fingerprint density at radius 3 is 3.12 bits per heavy atom. The highest BCUT2D eigenvalue weighted by Gasteiger charge is 2.15. The summed E-state index contributed by atoms with van der Waals surface area (Å²) in [6.45, 7) is 1.84. The first kappa shape index (κ1) is 10.1. The van der Waals surface area contributed by atoms with Crippen molar-refractivity contribution in [3.05, 3.63) is 6.33 Å². The van der Waals surface area contributed by atoms with E-state index in [9.17, 15) is 9.90 Å². The maximum absolute atomic E-state index is 11.1. The minimum absolute atomic E-state index is 0.118. The lowest BCUT2D eigenvalue weighted by Crippen LogP contribution is -2.11. The number of nitrogens with zero attached hydrogens (tertiary/aromatic N) is 3. The number of rotatable bonds is 2. The van der Waals surface area contributed by atoms with Crippen LogP contribution in [0.5, 0.6) is 11.8 Å². The Morgan fingerprint density at radius 1 is 1.56 bits per heavy atom. The summed E-state index contributed by atoms with van der Waals surface area (Å²) in [4.78, 5) is 17.5. The van der Waals surface area contributed by atoms with Gasteiger partial charge < -0.3 is 19.6 Å². The predicted molar refractivity (Wildman–Crippen MR) is 51.0 cm³/mol. The van der Waals surface area contributed by atoms with Crippen molar-refractivity contribution >= 4 is 17.2 Å². The van der Waals surface area contributed by atoms with Gasteiger partial charge in [-0.05, 0) is 6.92 Å². The Morgan fingerprint density at radius 2 is 2.38 bits per heavy atom. The molecule has 0 aliphatic rings. The number of fused-ring (bicyclic) bond motifs is 1. The molecule has 8 nitrogen and oxygen atoms in total. The summed E-state index contributed by atoms with van der Waals surface area (Å²) < 4.78 is 9.33. The van der Waals surface area contributed by atoms with Crippen molar-refractivity contribution in [3.63, 3.8) is 0 Å². The van der Waals surface area contributed by atoms with Crippen LogP contribution in [0.15, 0.2) is 6.33 Å². The molecule has 0 aliphatic heterocycles. The Balaban J connectivity index is 2.34. The summed E-state index contributed by atoms with van der Waals surface area (Å²) in [5.41, 5.74) is 0.454. The number of carbonyl (C=O) groups excluding carboxylic acids is 1. The molecule has 0 spiro atoms. The molecule has 0 atom stereocenters. The molecule has 2 aromatic heterocycles. The van der Waals surface area contributed by atoms with Crippen LogP contribution in [0.3, 0.4) is 0 Å². The molecule has 0 aromatic carbocycles. The molecule has 2 rings (SSSR count). The van der Waals surface area contributed by atoms with Crippen molar-refractivity contribution in [2.24, 2.45) is 0 Å². The average Bonchev–Trinajstić information content (AvgIpc) is 2.72. The number of aromatic nitrogens is 4. The van der Waals surface area contributed by atoms with E-state index in [-0.39, 0.29) is 29.4 Å². The molecule has 2 N–H and O–H groups in total. The lowest BCUT2D eigenvalue weighted by molar-refractivity contribution is 0.103. The maximum atomic E-state index is 11.1. The molecule has 0 radical (unpaired) electrons. The largest absolute Gasteiger partial charge is 0.515 e. The van der Waals surface area contributed by atoms with Crippen molar-refractivity contribution in [1.29, 1.82) is 0 Å². The van der Waals surface area contributed by atoms with Crippen LogP contribution >= 0.6 is 0 Å². The van der Waals surface area contributed by atoms with Gasteiger partial charge in [0.25, 0.3) is 11.8 Å². The Kier molecular flexibility index (Phi) is 2.54. The minimum atomic E-state index is -0.896. The first-order valence-electron chi connectivity index (χ1n) is 4.45. The van der Waals surface area contributed by atoms with Crippen molar-refractivity contribution in [2.45, 2.75) is 6.92 Å². The number of aromatic amines is 1. The van der Waals surface area contributed by atoms with Crippen LogP contribution in [0.2, 0.25) is 0 Å². The molecular formula is C8H8N4O4. The summed E-state index contributed by atoms with van der Waals surface area (Å²) in [6.07, 6.45) is 0.429. The van der Waals surface area contributed by atoms with E-state index in [0.29, 0.717) is 0 Å². The normalized spacial score (nSPS) is 10.3. The second kappa shape index (κ2) is 4.01. The lowest BCUT2D eigenvalue weighted by atomic mass is 10.4. The topological polar surface area (TPSA) is 110 Å². The lowest BCUT2D eigenvalue weighted by Gasteiger charge is -2.02. The van der Waals surface area contributed by atoms with Crippen LogP contribution in [-0.4, -0.2) is 38.0 Å². The van der Waals surface area contributed by atoms with Crippen molar-refractivity contribution in [1.82, 2.24) is 20.2 Å². The van der Waals surface area contributed by atoms with E-state index in [4.69, 9.17) is 4.74 Å². The van der Waals surface area contributed by atoms with E-state index >= 15 is 0 Å². The Bertz CT molecular complexity index is 524. The molecule has 8 heteroatoms. The van der Waals surface area contributed by atoms with Gasteiger partial charge in [0.05, 0.1) is 12.9 Å². The van der Waals surface area contributed by atoms with E-state index in [1.807, 2.05) is 0 Å². The molecule has 84 valence electrons. The smallest absolute Gasteiger partial charge is 0.491 e. The fourth-order valence-electron chi connectivity index (χ4n) is 1.11. The first-order valence-corrected chi connectivity index (χ1v) is 4.45. The third kappa shape index (κ3) is 1.72. The van der Waals surface area contributed by atoms with Gasteiger partial charge >= 0.3 is 6.16 Å².